The summed E-state index contributed by atoms with van der Waals surface area (Å²) in [7, 11) is 0. The Morgan fingerprint density at radius 2 is 2.00 bits per heavy atom. The Balaban J connectivity index is 2.30. The molecule has 4 aromatic rings. The van der Waals surface area contributed by atoms with Crippen molar-refractivity contribution in [1.82, 2.24) is 9.38 Å². The van der Waals surface area contributed by atoms with Crippen LogP contribution in [0, 0.1) is 6.92 Å². The van der Waals surface area contributed by atoms with Crippen molar-refractivity contribution >= 4 is 53.5 Å². The quantitative estimate of drug-likeness (QED) is 0.456. The Morgan fingerprint density at radius 1 is 1.11 bits per heavy atom. The maximum Gasteiger partial charge on any atom is 0.195 e. The third-order valence-corrected chi connectivity index (χ3v) is 4.66. The maximum atomic E-state index is 4.69. The number of fused-ring (bicyclic) bond motifs is 5. The topological polar surface area (TPSA) is 17.3 Å². The van der Waals surface area contributed by atoms with Gasteiger partial charge >= 0.3 is 0 Å². The molecular weight excluding hydrogens is 308 g/mol. The molecule has 18 heavy (non-hydrogen) atoms. The highest BCUT2D eigenvalue weighted by atomic mass is 79.9. The number of benzene rings is 2. The van der Waals surface area contributed by atoms with Crippen LogP contribution in [0.4, 0.5) is 0 Å². The number of rotatable bonds is 0. The number of imidazole rings is 1. The molecule has 0 aliphatic carbocycles. The van der Waals surface area contributed by atoms with E-state index in [0.29, 0.717) is 0 Å². The summed E-state index contributed by atoms with van der Waals surface area (Å²) >= 11 is 5.27. The monoisotopic (exact) mass is 316 g/mol. The van der Waals surface area contributed by atoms with Gasteiger partial charge in [0.25, 0.3) is 0 Å². The smallest absolute Gasteiger partial charge is 0.195 e. The van der Waals surface area contributed by atoms with Gasteiger partial charge in [-0.3, -0.25) is 4.40 Å². The second kappa shape index (κ2) is 3.56. The number of aryl methyl sites for hydroxylation is 1. The summed E-state index contributed by atoms with van der Waals surface area (Å²) in [6.45, 7) is 2.11. The van der Waals surface area contributed by atoms with Crippen molar-refractivity contribution in [3.05, 3.63) is 46.4 Å². The van der Waals surface area contributed by atoms with Gasteiger partial charge in [0.1, 0.15) is 0 Å². The highest BCUT2D eigenvalue weighted by Gasteiger charge is 2.11. The minimum Gasteiger partial charge on any atom is -0.283 e. The second-order valence-corrected chi connectivity index (χ2v) is 6.36. The molecule has 4 rings (SSSR count). The van der Waals surface area contributed by atoms with Crippen LogP contribution in [0.1, 0.15) is 5.56 Å². The van der Waals surface area contributed by atoms with E-state index in [1.807, 2.05) is 0 Å². The zero-order valence-electron chi connectivity index (χ0n) is 9.64. The lowest BCUT2D eigenvalue weighted by Gasteiger charge is -1.97. The molecule has 0 saturated carbocycles. The summed E-state index contributed by atoms with van der Waals surface area (Å²) in [4.78, 5) is 5.75. The first-order valence-corrected chi connectivity index (χ1v) is 7.30. The molecule has 0 atom stereocenters. The fraction of sp³-hybridized carbons (Fsp3) is 0.0714. The molecule has 2 heterocycles. The summed E-state index contributed by atoms with van der Waals surface area (Å²) in [6.07, 6.45) is 0. The molecule has 88 valence electrons. The van der Waals surface area contributed by atoms with Gasteiger partial charge in [-0.1, -0.05) is 33.3 Å². The first-order valence-electron chi connectivity index (χ1n) is 5.69. The molecule has 0 bridgehead atoms. The summed E-state index contributed by atoms with van der Waals surface area (Å²) in [5.74, 6) is 0. The van der Waals surface area contributed by atoms with Crippen LogP contribution in [0.15, 0.2) is 40.9 Å². The average molecular weight is 317 g/mol. The van der Waals surface area contributed by atoms with E-state index in [9.17, 15) is 0 Å². The largest absolute Gasteiger partial charge is 0.283 e. The summed E-state index contributed by atoms with van der Waals surface area (Å²) in [5, 5.41) is 0. The molecule has 0 fully saturated rings. The molecular formula is C14H9BrN2S. The Labute approximate surface area is 116 Å². The van der Waals surface area contributed by atoms with Gasteiger partial charge in [-0.2, -0.15) is 0 Å². The fourth-order valence-corrected chi connectivity index (χ4v) is 3.68. The van der Waals surface area contributed by atoms with E-state index in [1.54, 1.807) is 11.3 Å². The predicted molar refractivity (Wildman–Crippen MR) is 80.5 cm³/mol. The van der Waals surface area contributed by atoms with Gasteiger partial charge in [0, 0.05) is 4.47 Å². The number of aromatic nitrogens is 2. The molecule has 0 N–H and O–H groups in total. The van der Waals surface area contributed by atoms with Gasteiger partial charge in [0.15, 0.2) is 4.96 Å². The summed E-state index contributed by atoms with van der Waals surface area (Å²) in [5.41, 5.74) is 4.74. The molecule has 0 saturated heterocycles. The van der Waals surface area contributed by atoms with Crippen LogP contribution in [0.25, 0.3) is 26.2 Å². The van der Waals surface area contributed by atoms with E-state index >= 15 is 0 Å². The van der Waals surface area contributed by atoms with E-state index in [4.69, 9.17) is 0 Å². The van der Waals surface area contributed by atoms with Crippen LogP contribution in [0.5, 0.6) is 0 Å². The molecule has 4 heteroatoms. The Kier molecular flexibility index (Phi) is 2.08. The summed E-state index contributed by atoms with van der Waals surface area (Å²) < 4.78 is 4.61. The van der Waals surface area contributed by atoms with Crippen LogP contribution in [-0.4, -0.2) is 9.38 Å². The van der Waals surface area contributed by atoms with E-state index in [0.717, 1.165) is 15.0 Å². The molecule has 0 aliphatic heterocycles. The van der Waals surface area contributed by atoms with Crippen molar-refractivity contribution in [1.29, 1.82) is 0 Å². The van der Waals surface area contributed by atoms with Crippen LogP contribution in [0.3, 0.4) is 0 Å². The van der Waals surface area contributed by atoms with E-state index < -0.39 is 0 Å². The van der Waals surface area contributed by atoms with E-state index in [-0.39, 0.29) is 0 Å². The standard InChI is InChI=1S/C14H9BrN2S/c1-8-2-4-10-11(6-8)17-12-7-9(15)3-5-13(12)18-14(17)16-10/h2-7H,1H3. The molecule has 2 nitrogen and oxygen atoms in total. The highest BCUT2D eigenvalue weighted by Crippen LogP contribution is 2.32. The Morgan fingerprint density at radius 3 is 2.89 bits per heavy atom. The van der Waals surface area contributed by atoms with Crippen LogP contribution in [0.2, 0.25) is 0 Å². The molecule has 0 spiro atoms. The lowest BCUT2D eigenvalue weighted by atomic mass is 10.2. The minimum absolute atomic E-state index is 1.06. The molecule has 0 radical (unpaired) electrons. The van der Waals surface area contributed by atoms with Crippen molar-refractivity contribution < 1.29 is 0 Å². The minimum atomic E-state index is 1.06. The van der Waals surface area contributed by atoms with Crippen molar-refractivity contribution in [2.75, 3.05) is 0 Å². The molecule has 0 unspecified atom stereocenters. The third-order valence-electron chi connectivity index (χ3n) is 3.14. The third kappa shape index (κ3) is 1.36. The number of nitrogens with zero attached hydrogens (tertiary/aromatic N) is 2. The highest BCUT2D eigenvalue weighted by molar-refractivity contribution is 9.10. The molecule has 2 aromatic heterocycles. The van der Waals surface area contributed by atoms with E-state index in [1.165, 1.54) is 21.3 Å². The maximum absolute atomic E-state index is 4.69. The van der Waals surface area contributed by atoms with Gasteiger partial charge in [0.05, 0.1) is 21.3 Å². The summed E-state index contributed by atoms with van der Waals surface area (Å²) in [6, 6.07) is 12.8. The van der Waals surface area contributed by atoms with Crippen molar-refractivity contribution in [3.8, 4) is 0 Å². The van der Waals surface area contributed by atoms with Crippen molar-refractivity contribution in [3.63, 3.8) is 0 Å². The number of hydrogen-bond acceptors (Lipinski definition) is 2. The van der Waals surface area contributed by atoms with Gasteiger partial charge in [0.2, 0.25) is 0 Å². The number of hydrogen-bond donors (Lipinski definition) is 0. The molecule has 0 aliphatic rings. The van der Waals surface area contributed by atoms with Crippen LogP contribution < -0.4 is 0 Å². The fourth-order valence-electron chi connectivity index (χ4n) is 2.31. The lowest BCUT2D eigenvalue weighted by molar-refractivity contribution is 1.34. The van der Waals surface area contributed by atoms with Crippen LogP contribution in [-0.2, 0) is 0 Å². The SMILES string of the molecule is Cc1ccc2nc3sc4ccc(Br)cc4n3c2c1. The first-order chi connectivity index (χ1) is 8.72. The van der Waals surface area contributed by atoms with Gasteiger partial charge in [-0.25, -0.2) is 4.98 Å². The van der Waals surface area contributed by atoms with Gasteiger partial charge in [-0.15, -0.1) is 0 Å². The predicted octanol–water partition coefficient (Wildman–Crippen LogP) is 4.77. The average Bonchev–Trinajstić information content (AvgIpc) is 2.85. The first kappa shape index (κ1) is 10.5. The number of thiazole rings is 1. The zero-order chi connectivity index (χ0) is 12.3. The van der Waals surface area contributed by atoms with Gasteiger partial charge in [-0.05, 0) is 42.8 Å². The Hall–Kier alpha value is -1.39. The van der Waals surface area contributed by atoms with Crippen molar-refractivity contribution in [2.45, 2.75) is 6.92 Å². The zero-order valence-corrected chi connectivity index (χ0v) is 12.0. The molecule has 2 aromatic carbocycles. The lowest BCUT2D eigenvalue weighted by Crippen LogP contribution is -1.81. The second-order valence-electron chi connectivity index (χ2n) is 4.44. The van der Waals surface area contributed by atoms with Crippen LogP contribution >= 0.6 is 27.3 Å². The Bertz CT molecular complexity index is 833. The normalized spacial score (nSPS) is 11.9. The van der Waals surface area contributed by atoms with Crippen molar-refractivity contribution in [2.24, 2.45) is 0 Å². The molecule has 0 amide bonds. The van der Waals surface area contributed by atoms with E-state index in [2.05, 4.69) is 68.6 Å². The van der Waals surface area contributed by atoms with Gasteiger partial charge < -0.3 is 0 Å². The number of halogens is 1.